The molecular weight excluding hydrogens is 264 g/mol. The van der Waals surface area contributed by atoms with Crippen LogP contribution < -0.4 is 10.1 Å². The molecule has 3 aromatic rings. The smallest absolute Gasteiger partial charge is 0.218 e. The Balaban J connectivity index is 1.67. The third kappa shape index (κ3) is 2.97. The van der Waals surface area contributed by atoms with Gasteiger partial charge in [-0.15, -0.1) is 0 Å². The van der Waals surface area contributed by atoms with Gasteiger partial charge in [0.05, 0.1) is 7.11 Å². The Morgan fingerprint density at radius 3 is 2.95 bits per heavy atom. The van der Waals surface area contributed by atoms with Crippen LogP contribution >= 0.6 is 0 Å². The van der Waals surface area contributed by atoms with E-state index < -0.39 is 0 Å². The predicted molar refractivity (Wildman–Crippen MR) is 83.8 cm³/mol. The molecule has 0 amide bonds. The Kier molecular flexibility index (Phi) is 3.73. The van der Waals surface area contributed by atoms with E-state index in [9.17, 15) is 0 Å². The van der Waals surface area contributed by atoms with E-state index in [2.05, 4.69) is 44.7 Å². The summed E-state index contributed by atoms with van der Waals surface area (Å²) in [7, 11) is 1.61. The van der Waals surface area contributed by atoms with Crippen LogP contribution in [0.5, 0.6) is 5.88 Å². The average Bonchev–Trinajstić information content (AvgIpc) is 2.90. The molecule has 0 aliphatic rings. The molecule has 0 aliphatic heterocycles. The Morgan fingerprint density at radius 1 is 1.24 bits per heavy atom. The van der Waals surface area contributed by atoms with E-state index >= 15 is 0 Å². The highest BCUT2D eigenvalue weighted by molar-refractivity contribution is 5.83. The van der Waals surface area contributed by atoms with Gasteiger partial charge >= 0.3 is 0 Å². The average molecular weight is 282 g/mol. The number of nitrogens with one attached hydrogen (secondary N) is 2. The second-order valence-electron chi connectivity index (χ2n) is 4.88. The fourth-order valence-electron chi connectivity index (χ4n) is 2.40. The Labute approximate surface area is 123 Å². The minimum Gasteiger partial charge on any atom is -0.481 e. The first-order valence-corrected chi connectivity index (χ1v) is 6.95. The first kappa shape index (κ1) is 13.4. The number of anilines is 1. The fraction of sp³-hybridized carbons (Fsp3) is 0.250. The number of hydrogen-bond donors (Lipinski definition) is 2. The molecule has 2 N–H and O–H groups in total. The van der Waals surface area contributed by atoms with Gasteiger partial charge in [0.15, 0.2) is 0 Å². The predicted octanol–water partition coefficient (Wildman–Crippen LogP) is 2.93. The van der Waals surface area contributed by atoms with Gasteiger partial charge in [0, 0.05) is 29.7 Å². The molecule has 5 heteroatoms. The van der Waals surface area contributed by atoms with Crippen molar-refractivity contribution in [2.24, 2.45) is 0 Å². The zero-order valence-electron chi connectivity index (χ0n) is 12.2. The maximum absolute atomic E-state index is 5.15. The second-order valence-corrected chi connectivity index (χ2v) is 4.88. The summed E-state index contributed by atoms with van der Waals surface area (Å²) in [5, 5.41) is 4.59. The first-order valence-electron chi connectivity index (χ1n) is 6.95. The topological polar surface area (TPSA) is 62.8 Å². The van der Waals surface area contributed by atoms with E-state index in [1.54, 1.807) is 7.11 Å². The number of rotatable bonds is 5. The van der Waals surface area contributed by atoms with Gasteiger partial charge in [-0.2, -0.15) is 4.98 Å². The largest absolute Gasteiger partial charge is 0.481 e. The number of fused-ring (bicyclic) bond motifs is 1. The van der Waals surface area contributed by atoms with Gasteiger partial charge in [-0.3, -0.25) is 0 Å². The van der Waals surface area contributed by atoms with Crippen LogP contribution in [0, 0.1) is 6.92 Å². The summed E-state index contributed by atoms with van der Waals surface area (Å²) in [6.45, 7) is 2.66. The molecule has 5 nitrogen and oxygen atoms in total. The number of ether oxygens (including phenoxy) is 1. The van der Waals surface area contributed by atoms with Crippen LogP contribution in [0.15, 0.2) is 36.5 Å². The number of hydrogen-bond acceptors (Lipinski definition) is 4. The molecule has 0 atom stereocenters. The second kappa shape index (κ2) is 5.83. The van der Waals surface area contributed by atoms with E-state index in [1.165, 1.54) is 16.5 Å². The van der Waals surface area contributed by atoms with Crippen molar-refractivity contribution in [3.63, 3.8) is 0 Å². The van der Waals surface area contributed by atoms with Gasteiger partial charge in [0.1, 0.15) is 11.6 Å². The molecule has 1 aromatic carbocycles. The standard InChI is InChI=1S/C16H18N4O/c1-11-19-15(9-16(20-11)21-2)17-8-7-12-10-18-14-6-4-3-5-13(12)14/h3-6,9-10,18H,7-8H2,1-2H3,(H,17,19,20). The van der Waals surface area contributed by atoms with E-state index in [-0.39, 0.29) is 0 Å². The number of aryl methyl sites for hydroxylation is 1. The van der Waals surface area contributed by atoms with Gasteiger partial charge in [-0.1, -0.05) is 18.2 Å². The molecule has 0 spiro atoms. The normalized spacial score (nSPS) is 10.8. The van der Waals surface area contributed by atoms with Crippen LogP contribution in [-0.4, -0.2) is 28.6 Å². The van der Waals surface area contributed by atoms with Crippen LogP contribution in [0.1, 0.15) is 11.4 Å². The summed E-state index contributed by atoms with van der Waals surface area (Å²) >= 11 is 0. The molecule has 0 radical (unpaired) electrons. The van der Waals surface area contributed by atoms with Crippen molar-refractivity contribution in [1.29, 1.82) is 0 Å². The summed E-state index contributed by atoms with van der Waals surface area (Å²) in [6, 6.07) is 10.1. The summed E-state index contributed by atoms with van der Waals surface area (Å²) in [5.74, 6) is 2.07. The fourth-order valence-corrected chi connectivity index (χ4v) is 2.40. The van der Waals surface area contributed by atoms with Gasteiger partial charge in [-0.05, 0) is 25.0 Å². The number of methoxy groups -OCH3 is 1. The minimum absolute atomic E-state index is 0.581. The van der Waals surface area contributed by atoms with Crippen molar-refractivity contribution < 1.29 is 4.74 Å². The number of aromatic nitrogens is 3. The number of para-hydroxylation sites is 1. The van der Waals surface area contributed by atoms with E-state index in [0.29, 0.717) is 11.7 Å². The Bertz CT molecular complexity index is 751. The number of benzene rings is 1. The van der Waals surface area contributed by atoms with Crippen LogP contribution in [0.2, 0.25) is 0 Å². The summed E-state index contributed by atoms with van der Waals surface area (Å²) < 4.78 is 5.15. The zero-order valence-corrected chi connectivity index (χ0v) is 12.2. The number of H-pyrrole nitrogens is 1. The van der Waals surface area contributed by atoms with Gasteiger partial charge in [0.25, 0.3) is 0 Å². The highest BCUT2D eigenvalue weighted by Gasteiger charge is 2.04. The quantitative estimate of drug-likeness (QED) is 0.755. The molecule has 2 heterocycles. The van der Waals surface area contributed by atoms with Crippen LogP contribution in [0.4, 0.5) is 5.82 Å². The molecule has 3 rings (SSSR count). The molecule has 0 fully saturated rings. The zero-order chi connectivity index (χ0) is 14.7. The van der Waals surface area contributed by atoms with Gasteiger partial charge in [-0.25, -0.2) is 4.98 Å². The SMILES string of the molecule is COc1cc(NCCc2c[nH]c3ccccc23)nc(C)n1. The van der Waals surface area contributed by atoms with Crippen molar-refractivity contribution in [3.05, 3.63) is 47.9 Å². The molecule has 0 bridgehead atoms. The van der Waals surface area contributed by atoms with E-state index in [4.69, 9.17) is 4.74 Å². The lowest BCUT2D eigenvalue weighted by Gasteiger charge is -2.07. The van der Waals surface area contributed by atoms with Crippen molar-refractivity contribution in [3.8, 4) is 5.88 Å². The van der Waals surface area contributed by atoms with E-state index in [0.717, 1.165) is 18.8 Å². The lowest BCUT2D eigenvalue weighted by atomic mass is 10.1. The highest BCUT2D eigenvalue weighted by Crippen LogP contribution is 2.18. The van der Waals surface area contributed by atoms with Crippen molar-refractivity contribution in [1.82, 2.24) is 15.0 Å². The molecular formula is C16H18N4O. The van der Waals surface area contributed by atoms with Crippen molar-refractivity contribution in [2.75, 3.05) is 19.0 Å². The minimum atomic E-state index is 0.581. The monoisotopic (exact) mass is 282 g/mol. The highest BCUT2D eigenvalue weighted by atomic mass is 16.5. The molecule has 0 saturated heterocycles. The van der Waals surface area contributed by atoms with Crippen molar-refractivity contribution in [2.45, 2.75) is 13.3 Å². The maximum atomic E-state index is 5.15. The Morgan fingerprint density at radius 2 is 2.10 bits per heavy atom. The first-order chi connectivity index (χ1) is 10.3. The van der Waals surface area contributed by atoms with E-state index in [1.807, 2.05) is 19.1 Å². The summed E-state index contributed by atoms with van der Waals surface area (Å²) in [4.78, 5) is 11.8. The number of aromatic amines is 1. The van der Waals surface area contributed by atoms with Gasteiger partial charge < -0.3 is 15.0 Å². The van der Waals surface area contributed by atoms with Crippen LogP contribution in [0.25, 0.3) is 10.9 Å². The lowest BCUT2D eigenvalue weighted by molar-refractivity contribution is 0.396. The molecule has 108 valence electrons. The Hall–Kier alpha value is -2.56. The third-order valence-corrected chi connectivity index (χ3v) is 3.40. The number of nitrogens with zero attached hydrogens (tertiary/aromatic N) is 2. The molecule has 0 saturated carbocycles. The summed E-state index contributed by atoms with van der Waals surface area (Å²) in [5.41, 5.74) is 2.47. The van der Waals surface area contributed by atoms with Gasteiger partial charge in [0.2, 0.25) is 5.88 Å². The van der Waals surface area contributed by atoms with Crippen molar-refractivity contribution >= 4 is 16.7 Å². The lowest BCUT2D eigenvalue weighted by Crippen LogP contribution is -2.07. The molecule has 2 aromatic heterocycles. The maximum Gasteiger partial charge on any atom is 0.218 e. The van der Waals surface area contributed by atoms with Crippen LogP contribution in [-0.2, 0) is 6.42 Å². The summed E-state index contributed by atoms with van der Waals surface area (Å²) in [6.07, 6.45) is 2.99. The molecule has 0 unspecified atom stereocenters. The molecule has 0 aliphatic carbocycles. The van der Waals surface area contributed by atoms with Crippen LogP contribution in [0.3, 0.4) is 0 Å². The molecule has 21 heavy (non-hydrogen) atoms. The third-order valence-electron chi connectivity index (χ3n) is 3.40.